The van der Waals surface area contributed by atoms with Gasteiger partial charge in [-0.25, -0.2) is 4.39 Å². The molecule has 128 valence electrons. The third-order valence-corrected chi connectivity index (χ3v) is 4.81. The predicted molar refractivity (Wildman–Crippen MR) is 94.1 cm³/mol. The average Bonchev–Trinajstić information content (AvgIpc) is 3.31. The SMILES string of the molecule is O=C(COc1ccccc1)NCC1(c2c[nH]c3cc(F)ccc23)CC1. The molecule has 1 aliphatic rings. The molecule has 25 heavy (non-hydrogen) atoms. The number of aromatic nitrogens is 1. The Morgan fingerprint density at radius 3 is 2.76 bits per heavy atom. The molecule has 0 saturated heterocycles. The lowest BCUT2D eigenvalue weighted by Gasteiger charge is -2.16. The molecule has 0 radical (unpaired) electrons. The van der Waals surface area contributed by atoms with Gasteiger partial charge in [-0.2, -0.15) is 0 Å². The summed E-state index contributed by atoms with van der Waals surface area (Å²) in [4.78, 5) is 15.2. The van der Waals surface area contributed by atoms with Gasteiger partial charge in [0.2, 0.25) is 0 Å². The van der Waals surface area contributed by atoms with Gasteiger partial charge >= 0.3 is 0 Å². The van der Waals surface area contributed by atoms with E-state index in [2.05, 4.69) is 10.3 Å². The topological polar surface area (TPSA) is 54.1 Å². The van der Waals surface area contributed by atoms with Crippen LogP contribution in [-0.4, -0.2) is 24.0 Å². The normalized spacial score (nSPS) is 15.1. The molecule has 2 aromatic carbocycles. The molecule has 0 atom stereocenters. The zero-order valence-corrected chi connectivity index (χ0v) is 13.7. The molecule has 0 spiro atoms. The largest absolute Gasteiger partial charge is 0.484 e. The fourth-order valence-corrected chi connectivity index (χ4v) is 3.21. The molecule has 3 aromatic rings. The number of hydrogen-bond acceptors (Lipinski definition) is 2. The minimum Gasteiger partial charge on any atom is -0.484 e. The van der Waals surface area contributed by atoms with Gasteiger partial charge in [-0.05, 0) is 48.7 Å². The van der Waals surface area contributed by atoms with Crippen LogP contribution in [0.15, 0.2) is 54.7 Å². The van der Waals surface area contributed by atoms with E-state index in [1.54, 1.807) is 6.07 Å². The number of benzene rings is 2. The number of nitrogens with one attached hydrogen (secondary N) is 2. The van der Waals surface area contributed by atoms with Gasteiger partial charge in [-0.15, -0.1) is 0 Å². The maximum absolute atomic E-state index is 13.3. The number of amides is 1. The zero-order chi connectivity index (χ0) is 17.3. The van der Waals surface area contributed by atoms with Gasteiger partial charge < -0.3 is 15.0 Å². The Hall–Kier alpha value is -2.82. The standard InChI is InChI=1S/C20H19FN2O2/c21-14-6-7-16-17(11-22-18(16)10-14)20(8-9-20)13-23-19(24)12-25-15-4-2-1-3-5-15/h1-7,10-11,22H,8-9,12-13H2,(H,23,24). The van der Waals surface area contributed by atoms with Crippen molar-refractivity contribution in [2.75, 3.05) is 13.2 Å². The summed E-state index contributed by atoms with van der Waals surface area (Å²) in [6.45, 7) is 0.563. The van der Waals surface area contributed by atoms with Crippen LogP contribution in [0.1, 0.15) is 18.4 Å². The van der Waals surface area contributed by atoms with Crippen molar-refractivity contribution in [2.24, 2.45) is 0 Å². The molecule has 4 rings (SSSR count). The number of aromatic amines is 1. The fraction of sp³-hybridized carbons (Fsp3) is 0.250. The minimum atomic E-state index is -0.253. The molecule has 0 unspecified atom stereocenters. The second-order valence-electron chi connectivity index (χ2n) is 6.55. The second kappa shape index (κ2) is 6.24. The monoisotopic (exact) mass is 338 g/mol. The Balaban J connectivity index is 1.39. The van der Waals surface area contributed by atoms with E-state index in [-0.39, 0.29) is 23.7 Å². The molecule has 0 aliphatic heterocycles. The van der Waals surface area contributed by atoms with Gasteiger partial charge in [-0.1, -0.05) is 18.2 Å². The first-order chi connectivity index (χ1) is 12.2. The van der Waals surface area contributed by atoms with Gasteiger partial charge in [0, 0.05) is 29.1 Å². The summed E-state index contributed by atoms with van der Waals surface area (Å²) >= 11 is 0. The van der Waals surface area contributed by atoms with Crippen molar-refractivity contribution in [3.63, 3.8) is 0 Å². The second-order valence-corrected chi connectivity index (χ2v) is 6.55. The fourth-order valence-electron chi connectivity index (χ4n) is 3.21. The van der Waals surface area contributed by atoms with E-state index in [0.717, 1.165) is 29.3 Å². The van der Waals surface area contributed by atoms with E-state index in [0.29, 0.717) is 12.3 Å². The van der Waals surface area contributed by atoms with Gasteiger partial charge in [0.25, 0.3) is 5.91 Å². The van der Waals surface area contributed by atoms with Crippen molar-refractivity contribution in [2.45, 2.75) is 18.3 Å². The Morgan fingerprint density at radius 1 is 1.20 bits per heavy atom. The van der Waals surface area contributed by atoms with E-state index in [9.17, 15) is 9.18 Å². The van der Waals surface area contributed by atoms with Gasteiger partial charge in [0.05, 0.1) is 0 Å². The number of fused-ring (bicyclic) bond motifs is 1. The molecule has 1 aromatic heterocycles. The molecule has 1 saturated carbocycles. The number of H-pyrrole nitrogens is 1. The van der Waals surface area contributed by atoms with Crippen molar-refractivity contribution in [3.05, 3.63) is 66.1 Å². The molecular weight excluding hydrogens is 319 g/mol. The average molecular weight is 338 g/mol. The van der Waals surface area contributed by atoms with E-state index < -0.39 is 0 Å². The number of carbonyl (C=O) groups excluding carboxylic acids is 1. The third-order valence-electron chi connectivity index (χ3n) is 4.81. The first-order valence-corrected chi connectivity index (χ1v) is 8.38. The van der Waals surface area contributed by atoms with Crippen molar-refractivity contribution in [1.29, 1.82) is 0 Å². The lowest BCUT2D eigenvalue weighted by Crippen LogP contribution is -2.35. The van der Waals surface area contributed by atoms with E-state index in [1.807, 2.05) is 36.5 Å². The van der Waals surface area contributed by atoms with Crippen LogP contribution >= 0.6 is 0 Å². The molecule has 1 amide bonds. The Labute approximate surface area is 145 Å². The van der Waals surface area contributed by atoms with Crippen molar-refractivity contribution in [1.82, 2.24) is 10.3 Å². The Bertz CT molecular complexity index is 900. The molecule has 1 heterocycles. The van der Waals surface area contributed by atoms with Crippen molar-refractivity contribution < 1.29 is 13.9 Å². The van der Waals surface area contributed by atoms with Crippen LogP contribution in [0.25, 0.3) is 10.9 Å². The molecule has 0 bridgehead atoms. The summed E-state index contributed by atoms with van der Waals surface area (Å²) in [6.07, 6.45) is 3.96. The first-order valence-electron chi connectivity index (χ1n) is 8.38. The third kappa shape index (κ3) is 3.22. The van der Waals surface area contributed by atoms with Crippen molar-refractivity contribution in [3.8, 4) is 5.75 Å². The van der Waals surface area contributed by atoms with Crippen LogP contribution in [0.2, 0.25) is 0 Å². The molecule has 4 nitrogen and oxygen atoms in total. The first kappa shape index (κ1) is 15.7. The van der Waals surface area contributed by atoms with Crippen LogP contribution in [0, 0.1) is 5.82 Å². The van der Waals surface area contributed by atoms with Gasteiger partial charge in [0.15, 0.2) is 6.61 Å². The van der Waals surface area contributed by atoms with E-state index >= 15 is 0 Å². The summed E-state index contributed by atoms with van der Waals surface area (Å²) in [5.74, 6) is 0.288. The number of hydrogen-bond donors (Lipinski definition) is 2. The van der Waals surface area contributed by atoms with Crippen LogP contribution in [0.5, 0.6) is 5.75 Å². The number of rotatable bonds is 6. The summed E-state index contributed by atoms with van der Waals surface area (Å²) in [7, 11) is 0. The number of halogens is 1. The summed E-state index contributed by atoms with van der Waals surface area (Å²) < 4.78 is 18.8. The van der Waals surface area contributed by atoms with Crippen LogP contribution < -0.4 is 10.1 Å². The van der Waals surface area contributed by atoms with Gasteiger partial charge in [-0.3, -0.25) is 4.79 Å². The number of ether oxygens (including phenoxy) is 1. The number of para-hydroxylation sites is 1. The van der Waals surface area contributed by atoms with Gasteiger partial charge in [0.1, 0.15) is 11.6 Å². The highest BCUT2D eigenvalue weighted by molar-refractivity contribution is 5.85. The predicted octanol–water partition coefficient (Wildman–Crippen LogP) is 3.53. The molecule has 2 N–H and O–H groups in total. The summed E-state index contributed by atoms with van der Waals surface area (Å²) in [5, 5.41) is 3.99. The Morgan fingerprint density at radius 2 is 2.00 bits per heavy atom. The quantitative estimate of drug-likeness (QED) is 0.722. The smallest absolute Gasteiger partial charge is 0.257 e. The number of carbonyl (C=O) groups is 1. The Kier molecular flexibility index (Phi) is 3.92. The molecule has 1 aliphatic carbocycles. The lowest BCUT2D eigenvalue weighted by molar-refractivity contribution is -0.123. The summed E-state index contributed by atoms with van der Waals surface area (Å²) in [5.41, 5.74) is 1.88. The maximum atomic E-state index is 13.3. The zero-order valence-electron chi connectivity index (χ0n) is 13.7. The molecule has 5 heteroatoms. The van der Waals surface area contributed by atoms with Crippen molar-refractivity contribution >= 4 is 16.8 Å². The highest BCUT2D eigenvalue weighted by atomic mass is 19.1. The van der Waals surface area contributed by atoms with Crippen LogP contribution in [-0.2, 0) is 10.2 Å². The van der Waals surface area contributed by atoms with E-state index in [4.69, 9.17) is 4.74 Å². The van der Waals surface area contributed by atoms with Crippen LogP contribution in [0.4, 0.5) is 4.39 Å². The minimum absolute atomic E-state index is 0.000804. The lowest BCUT2D eigenvalue weighted by atomic mass is 9.95. The highest BCUT2D eigenvalue weighted by Gasteiger charge is 2.45. The molecular formula is C20H19FN2O2. The molecule has 1 fully saturated rings. The van der Waals surface area contributed by atoms with Crippen LogP contribution in [0.3, 0.4) is 0 Å². The van der Waals surface area contributed by atoms with E-state index in [1.165, 1.54) is 12.1 Å². The maximum Gasteiger partial charge on any atom is 0.257 e. The highest BCUT2D eigenvalue weighted by Crippen LogP contribution is 2.49. The summed E-state index contributed by atoms with van der Waals surface area (Å²) in [6, 6.07) is 14.1.